The third kappa shape index (κ3) is 11.3. The largest absolute Gasteiger partial charge is 0.380 e. The maximum absolute atomic E-state index is 3.87. The lowest BCUT2D eigenvalue weighted by molar-refractivity contribution is 0.229. The molecular formula is C64H78N3+. The van der Waals surface area contributed by atoms with E-state index >= 15 is 0 Å². The number of benzene rings is 7. The van der Waals surface area contributed by atoms with Crippen LogP contribution in [-0.4, -0.2) is 13.1 Å². The Morgan fingerprint density at radius 3 is 1.39 bits per heavy atom. The summed E-state index contributed by atoms with van der Waals surface area (Å²) < 4.78 is 0. The van der Waals surface area contributed by atoms with Crippen LogP contribution in [0.4, 0.5) is 28.4 Å². The molecule has 67 heavy (non-hydrogen) atoms. The van der Waals surface area contributed by atoms with Crippen molar-refractivity contribution in [2.45, 2.75) is 129 Å². The van der Waals surface area contributed by atoms with Gasteiger partial charge in [0.15, 0.2) is 0 Å². The van der Waals surface area contributed by atoms with Crippen molar-refractivity contribution in [3.8, 4) is 0 Å². The number of nitrogens with one attached hydrogen (secondary N) is 1. The first kappa shape index (κ1) is 49.0. The van der Waals surface area contributed by atoms with Crippen LogP contribution >= 0.6 is 0 Å². The lowest BCUT2D eigenvalue weighted by Crippen LogP contribution is -2.23. The van der Waals surface area contributed by atoms with Crippen LogP contribution in [0.2, 0.25) is 0 Å². The molecule has 1 unspecified atom stereocenters. The zero-order chi connectivity index (χ0) is 48.2. The van der Waals surface area contributed by atoms with Gasteiger partial charge in [-0.3, -0.25) is 0 Å². The van der Waals surface area contributed by atoms with Gasteiger partial charge < -0.3 is 15.1 Å². The molecule has 0 saturated heterocycles. The van der Waals surface area contributed by atoms with E-state index in [0.29, 0.717) is 5.92 Å². The summed E-state index contributed by atoms with van der Waals surface area (Å²) in [5.41, 5.74) is 20.9. The number of hydrogen-bond acceptors (Lipinski definition) is 3. The molecule has 348 valence electrons. The summed E-state index contributed by atoms with van der Waals surface area (Å²) in [6, 6.07) is 50.9. The number of hydrogen-bond donors (Lipinski definition) is 1. The molecule has 1 N–H and O–H groups in total. The van der Waals surface area contributed by atoms with E-state index in [1.54, 1.807) is 0 Å². The Balaban J connectivity index is 1.28. The highest BCUT2D eigenvalue weighted by Gasteiger charge is 2.31. The van der Waals surface area contributed by atoms with Gasteiger partial charge in [-0.1, -0.05) is 127 Å². The van der Waals surface area contributed by atoms with E-state index in [4.69, 9.17) is 0 Å². The molecule has 0 aromatic heterocycles. The van der Waals surface area contributed by atoms with Crippen molar-refractivity contribution < 1.29 is 0 Å². The van der Waals surface area contributed by atoms with Crippen LogP contribution in [0.25, 0.3) is 10.8 Å². The van der Waals surface area contributed by atoms with Crippen molar-refractivity contribution >= 4 is 39.2 Å². The molecular weight excluding hydrogens is 811 g/mol. The van der Waals surface area contributed by atoms with Gasteiger partial charge in [0.05, 0.1) is 39.7 Å². The topological polar surface area (TPSA) is 18.5 Å². The Hall–Kier alpha value is -5.93. The molecule has 1 atom stereocenters. The van der Waals surface area contributed by atoms with E-state index in [0.717, 1.165) is 44.6 Å². The lowest BCUT2D eigenvalue weighted by atomic mass is 9.69. The van der Waals surface area contributed by atoms with Gasteiger partial charge in [0.2, 0.25) is 0 Å². The first-order chi connectivity index (χ1) is 31.9. The van der Waals surface area contributed by atoms with Crippen molar-refractivity contribution in [3.05, 3.63) is 201 Å². The van der Waals surface area contributed by atoms with Crippen molar-refractivity contribution in [2.75, 3.05) is 28.2 Å². The van der Waals surface area contributed by atoms with Gasteiger partial charge in [-0.15, -0.1) is 0 Å². The van der Waals surface area contributed by atoms with Gasteiger partial charge in [-0.05, 0) is 184 Å². The molecule has 7 aromatic rings. The molecule has 0 aliphatic heterocycles. The predicted molar refractivity (Wildman–Crippen MR) is 293 cm³/mol. The third-order valence-corrected chi connectivity index (χ3v) is 13.6. The van der Waals surface area contributed by atoms with Crippen LogP contribution in [0.5, 0.6) is 0 Å². The van der Waals surface area contributed by atoms with E-state index in [9.17, 15) is 0 Å². The lowest BCUT2D eigenvalue weighted by Gasteiger charge is -2.36. The molecule has 0 fully saturated rings. The maximum atomic E-state index is 3.87. The van der Waals surface area contributed by atoms with Gasteiger partial charge in [-0.25, -0.2) is 0 Å². The van der Waals surface area contributed by atoms with E-state index in [1.807, 2.05) is 0 Å². The number of rotatable bonds is 16. The maximum Gasteiger partial charge on any atom is 0.0638 e. The summed E-state index contributed by atoms with van der Waals surface area (Å²) in [4.78, 5) is 5.02. The highest BCUT2D eigenvalue weighted by atomic mass is 15.1. The molecule has 7 aromatic carbocycles. The number of aryl methyl sites for hydroxylation is 6. The number of fused-ring (bicyclic) bond motifs is 1. The Morgan fingerprint density at radius 2 is 0.970 bits per heavy atom. The average Bonchev–Trinajstić information content (AvgIpc) is 3.27. The predicted octanol–water partition coefficient (Wildman–Crippen LogP) is 18.0. The minimum atomic E-state index is 0.192. The standard InChI is InChI=1S/C64H78N3/c1-15-35-66(61-45(5)37-43(3)38-46(61)6)53-29-25-51(26-30-53)60(52-27-31-54(32-28-52)67(36-16-2)62-47(7)39-44(4)40-48(62)8)57-33-34-59(56-20-18-17-19-55(56)57)65-42-49-21-23-50(24-22-49)58(64(12,13)14)41-63(9,10)11/h17-34,37-40,58,65H,15-16,35-36,41-42H2,1-14H3/q+1. The van der Waals surface area contributed by atoms with Gasteiger partial charge in [-0.2, -0.15) is 0 Å². The SMILES string of the molecule is CCCN(c1ccc([C+](c2ccc(N(CCC)c3c(C)cc(C)cc3C)cc2)c2ccc(NCc3ccc(C(CC(C)(C)C)C(C)(C)C)cc3)c3ccccc23)cc1)c1c(C)cc(C)cc1C. The second-order valence-electron chi connectivity index (χ2n) is 21.8. The zero-order valence-electron chi connectivity index (χ0n) is 43.4. The van der Waals surface area contributed by atoms with Crippen LogP contribution in [0.15, 0.2) is 133 Å². The molecule has 0 bridgehead atoms. The van der Waals surface area contributed by atoms with Crippen molar-refractivity contribution in [3.63, 3.8) is 0 Å². The highest BCUT2D eigenvalue weighted by Crippen LogP contribution is 2.44. The molecule has 0 amide bonds. The van der Waals surface area contributed by atoms with E-state index in [-0.39, 0.29) is 10.8 Å². The fraction of sp³-hybridized carbons (Fsp3) is 0.359. The summed E-state index contributed by atoms with van der Waals surface area (Å²) in [6.45, 7) is 34.8. The van der Waals surface area contributed by atoms with E-state index in [1.165, 1.54) is 101 Å². The fourth-order valence-corrected chi connectivity index (χ4v) is 10.8. The zero-order valence-corrected chi connectivity index (χ0v) is 43.4. The van der Waals surface area contributed by atoms with Crippen LogP contribution in [0, 0.1) is 58.3 Å². The molecule has 0 aliphatic carbocycles. The van der Waals surface area contributed by atoms with E-state index in [2.05, 4.69) is 246 Å². The summed E-state index contributed by atoms with van der Waals surface area (Å²) in [7, 11) is 0. The summed E-state index contributed by atoms with van der Waals surface area (Å²) >= 11 is 0. The monoisotopic (exact) mass is 889 g/mol. The van der Waals surface area contributed by atoms with Crippen LogP contribution in [-0.2, 0) is 6.54 Å². The van der Waals surface area contributed by atoms with Gasteiger partial charge in [0.25, 0.3) is 0 Å². The first-order valence-electron chi connectivity index (χ1n) is 25.0. The van der Waals surface area contributed by atoms with Crippen LogP contribution in [0.3, 0.4) is 0 Å². The van der Waals surface area contributed by atoms with Crippen molar-refractivity contribution in [1.29, 1.82) is 0 Å². The molecule has 3 nitrogen and oxygen atoms in total. The molecule has 0 saturated carbocycles. The summed E-state index contributed by atoms with van der Waals surface area (Å²) in [5.74, 6) is 1.73. The highest BCUT2D eigenvalue weighted by molar-refractivity contribution is 5.98. The van der Waals surface area contributed by atoms with Gasteiger partial charge in [0, 0.05) is 41.8 Å². The van der Waals surface area contributed by atoms with Crippen LogP contribution in [0.1, 0.15) is 142 Å². The molecule has 0 spiro atoms. The molecule has 0 aliphatic rings. The Morgan fingerprint density at radius 1 is 0.522 bits per heavy atom. The van der Waals surface area contributed by atoms with Crippen molar-refractivity contribution in [2.24, 2.45) is 10.8 Å². The Labute approximate surface area is 405 Å². The third-order valence-electron chi connectivity index (χ3n) is 13.6. The fourth-order valence-electron chi connectivity index (χ4n) is 10.8. The second kappa shape index (κ2) is 20.5. The number of anilines is 5. The minimum absolute atomic E-state index is 0.192. The molecule has 3 heteroatoms. The average molecular weight is 889 g/mol. The van der Waals surface area contributed by atoms with E-state index < -0.39 is 0 Å². The normalized spacial score (nSPS) is 12.3. The van der Waals surface area contributed by atoms with Gasteiger partial charge >= 0.3 is 0 Å². The molecule has 7 rings (SSSR count). The van der Waals surface area contributed by atoms with Crippen molar-refractivity contribution in [1.82, 2.24) is 0 Å². The summed E-state index contributed by atoms with van der Waals surface area (Å²) in [5, 5.41) is 6.32. The quantitative estimate of drug-likeness (QED) is 0.0770. The Bertz CT molecular complexity index is 2600. The summed E-state index contributed by atoms with van der Waals surface area (Å²) in [6.07, 6.45) is 3.28. The first-order valence-corrected chi connectivity index (χ1v) is 25.0. The second-order valence-corrected chi connectivity index (χ2v) is 21.8. The Kier molecular flexibility index (Phi) is 15.0. The number of nitrogens with zero attached hydrogens (tertiary/aromatic N) is 2. The smallest absolute Gasteiger partial charge is 0.0638 e. The molecule has 0 heterocycles. The van der Waals surface area contributed by atoms with Crippen LogP contribution < -0.4 is 15.1 Å². The molecule has 0 radical (unpaired) electrons. The van der Waals surface area contributed by atoms with Gasteiger partial charge in [0.1, 0.15) is 0 Å². The minimum Gasteiger partial charge on any atom is -0.380 e.